The second-order valence-corrected chi connectivity index (χ2v) is 5.46. The van der Waals surface area contributed by atoms with Gasteiger partial charge in [0.15, 0.2) is 11.5 Å². The van der Waals surface area contributed by atoms with Crippen molar-refractivity contribution in [1.29, 1.82) is 0 Å². The summed E-state index contributed by atoms with van der Waals surface area (Å²) >= 11 is 3.35. The van der Waals surface area contributed by atoms with Crippen LogP contribution in [-0.2, 0) is 11.2 Å². The Bertz CT molecular complexity index is 577. The number of pyridine rings is 1. The van der Waals surface area contributed by atoms with Gasteiger partial charge in [0.05, 0.1) is 5.41 Å². The van der Waals surface area contributed by atoms with Crippen molar-refractivity contribution in [3.05, 3.63) is 28.6 Å². The molecule has 0 amide bonds. The van der Waals surface area contributed by atoms with Gasteiger partial charge in [0.1, 0.15) is 0 Å². The van der Waals surface area contributed by atoms with Crippen molar-refractivity contribution in [3.63, 3.8) is 0 Å². The smallest absolute Gasteiger partial charge is 0.309 e. The molecule has 2 rings (SSSR count). The first-order valence-electron chi connectivity index (χ1n) is 5.13. The van der Waals surface area contributed by atoms with Crippen LogP contribution in [-0.4, -0.2) is 25.7 Å². The van der Waals surface area contributed by atoms with Gasteiger partial charge in [0, 0.05) is 17.1 Å². The highest BCUT2D eigenvalue weighted by atomic mass is 79.9. The van der Waals surface area contributed by atoms with E-state index in [1.807, 2.05) is 12.1 Å². The van der Waals surface area contributed by atoms with Gasteiger partial charge in [-0.3, -0.25) is 4.79 Å². The number of carboxylic acid groups (broad SMARTS) is 1. The van der Waals surface area contributed by atoms with E-state index in [1.54, 1.807) is 24.6 Å². The minimum absolute atomic E-state index is 0.307. The maximum atomic E-state index is 11.0. The molecule has 0 saturated carbocycles. The third-order valence-corrected chi connectivity index (χ3v) is 3.02. The zero-order valence-electron chi connectivity index (χ0n) is 9.51. The number of carboxylic acids is 1. The van der Waals surface area contributed by atoms with E-state index in [-0.39, 0.29) is 0 Å². The molecular formula is C11H12BrN3O2. The number of aliphatic carboxylic acids is 1. The van der Waals surface area contributed by atoms with E-state index in [9.17, 15) is 4.79 Å². The molecule has 5 nitrogen and oxygen atoms in total. The van der Waals surface area contributed by atoms with E-state index >= 15 is 0 Å². The highest BCUT2D eigenvalue weighted by Crippen LogP contribution is 2.21. The Morgan fingerprint density at radius 1 is 1.59 bits per heavy atom. The van der Waals surface area contributed by atoms with Gasteiger partial charge in [-0.15, -0.1) is 0 Å². The second kappa shape index (κ2) is 4.10. The molecule has 2 aromatic rings. The summed E-state index contributed by atoms with van der Waals surface area (Å²) in [7, 11) is 0. The highest BCUT2D eigenvalue weighted by molar-refractivity contribution is 9.10. The van der Waals surface area contributed by atoms with E-state index in [0.717, 1.165) is 4.47 Å². The number of aromatic nitrogens is 3. The van der Waals surface area contributed by atoms with Gasteiger partial charge in [0.25, 0.3) is 0 Å². The van der Waals surface area contributed by atoms with E-state index < -0.39 is 11.4 Å². The number of carbonyl (C=O) groups is 1. The highest BCUT2D eigenvalue weighted by Gasteiger charge is 2.29. The zero-order chi connectivity index (χ0) is 12.6. The number of hydrogen-bond donors (Lipinski definition) is 1. The van der Waals surface area contributed by atoms with Gasteiger partial charge >= 0.3 is 5.97 Å². The van der Waals surface area contributed by atoms with Crippen LogP contribution in [0, 0.1) is 5.41 Å². The Labute approximate surface area is 107 Å². The molecule has 0 unspecified atom stereocenters. The number of fused-ring (bicyclic) bond motifs is 1. The maximum absolute atomic E-state index is 11.0. The second-order valence-electron chi connectivity index (χ2n) is 4.54. The Hall–Kier alpha value is -1.43. The molecule has 0 fully saturated rings. The summed E-state index contributed by atoms with van der Waals surface area (Å²) in [4.78, 5) is 15.3. The molecule has 0 radical (unpaired) electrons. The van der Waals surface area contributed by atoms with E-state index in [1.165, 1.54) is 0 Å². The molecule has 90 valence electrons. The number of halogens is 1. The fraction of sp³-hybridized carbons (Fsp3) is 0.364. The van der Waals surface area contributed by atoms with Gasteiger partial charge in [-0.2, -0.15) is 5.10 Å². The van der Waals surface area contributed by atoms with Gasteiger partial charge in [-0.1, -0.05) is 15.9 Å². The third kappa shape index (κ3) is 2.46. The molecule has 2 aromatic heterocycles. The lowest BCUT2D eigenvalue weighted by atomic mass is 9.89. The summed E-state index contributed by atoms with van der Waals surface area (Å²) in [6.07, 6.45) is 2.09. The first-order chi connectivity index (χ1) is 7.88. The quantitative estimate of drug-likeness (QED) is 0.942. The Balaban J connectivity index is 2.34. The topological polar surface area (TPSA) is 67.5 Å². The predicted molar refractivity (Wildman–Crippen MR) is 65.8 cm³/mol. The molecule has 1 N–H and O–H groups in total. The first kappa shape index (κ1) is 12.0. The van der Waals surface area contributed by atoms with Crippen LogP contribution in [0.1, 0.15) is 19.7 Å². The van der Waals surface area contributed by atoms with Gasteiger partial charge < -0.3 is 5.11 Å². The summed E-state index contributed by atoms with van der Waals surface area (Å²) in [5.41, 5.74) is -0.155. The SMILES string of the molecule is CC(C)(Cc1nc2cc(Br)ccn2n1)C(=O)O. The van der Waals surface area contributed by atoms with Gasteiger partial charge in [0.2, 0.25) is 0 Å². The lowest BCUT2D eigenvalue weighted by Crippen LogP contribution is -2.26. The van der Waals surface area contributed by atoms with Crippen molar-refractivity contribution < 1.29 is 9.90 Å². The molecule has 0 bridgehead atoms. The van der Waals surface area contributed by atoms with E-state index in [4.69, 9.17) is 5.11 Å². The normalized spacial score (nSPS) is 11.9. The van der Waals surface area contributed by atoms with Crippen molar-refractivity contribution >= 4 is 27.5 Å². The van der Waals surface area contributed by atoms with E-state index in [0.29, 0.717) is 17.9 Å². The summed E-state index contributed by atoms with van der Waals surface area (Å²) in [6.45, 7) is 3.33. The largest absolute Gasteiger partial charge is 0.481 e. The summed E-state index contributed by atoms with van der Waals surface area (Å²) in [5.74, 6) is -0.312. The molecule has 0 spiro atoms. The lowest BCUT2D eigenvalue weighted by Gasteiger charge is -2.16. The van der Waals surface area contributed by atoms with E-state index in [2.05, 4.69) is 26.0 Å². The van der Waals surface area contributed by atoms with Crippen molar-refractivity contribution in [2.75, 3.05) is 0 Å². The minimum atomic E-state index is -0.859. The summed E-state index contributed by atoms with van der Waals surface area (Å²) in [6, 6.07) is 3.69. The molecular weight excluding hydrogens is 286 g/mol. The molecule has 17 heavy (non-hydrogen) atoms. The van der Waals surface area contributed by atoms with Crippen molar-refractivity contribution in [2.45, 2.75) is 20.3 Å². The van der Waals surface area contributed by atoms with Crippen molar-refractivity contribution in [1.82, 2.24) is 14.6 Å². The van der Waals surface area contributed by atoms with Crippen LogP contribution < -0.4 is 0 Å². The number of nitrogens with zero attached hydrogens (tertiary/aromatic N) is 3. The molecule has 0 aliphatic heterocycles. The van der Waals surface area contributed by atoms with Crippen LogP contribution in [0.3, 0.4) is 0 Å². The van der Waals surface area contributed by atoms with Crippen LogP contribution in [0.15, 0.2) is 22.8 Å². The first-order valence-corrected chi connectivity index (χ1v) is 5.92. The molecule has 0 aliphatic carbocycles. The van der Waals surface area contributed by atoms with Crippen LogP contribution in [0.2, 0.25) is 0 Å². The standard InChI is InChI=1S/C11H12BrN3O2/c1-11(2,10(16)17)6-8-13-9-5-7(12)3-4-15(9)14-8/h3-5H,6H2,1-2H3,(H,16,17). The van der Waals surface area contributed by atoms with Crippen molar-refractivity contribution in [2.24, 2.45) is 5.41 Å². The Morgan fingerprint density at radius 3 is 2.94 bits per heavy atom. The average molecular weight is 298 g/mol. The minimum Gasteiger partial charge on any atom is -0.481 e. The molecule has 0 atom stereocenters. The number of rotatable bonds is 3. The van der Waals surface area contributed by atoms with Crippen LogP contribution in [0.25, 0.3) is 5.65 Å². The fourth-order valence-corrected chi connectivity index (χ4v) is 1.77. The van der Waals surface area contributed by atoms with Crippen LogP contribution in [0.4, 0.5) is 0 Å². The fourth-order valence-electron chi connectivity index (χ4n) is 1.45. The molecule has 0 aromatic carbocycles. The third-order valence-electron chi connectivity index (χ3n) is 2.52. The molecule has 0 saturated heterocycles. The maximum Gasteiger partial charge on any atom is 0.309 e. The summed E-state index contributed by atoms with van der Waals surface area (Å²) in [5, 5.41) is 13.3. The Kier molecular flexibility index (Phi) is 2.91. The monoisotopic (exact) mass is 297 g/mol. The lowest BCUT2D eigenvalue weighted by molar-refractivity contribution is -0.146. The van der Waals surface area contributed by atoms with Crippen LogP contribution >= 0.6 is 15.9 Å². The summed E-state index contributed by atoms with van der Waals surface area (Å²) < 4.78 is 2.55. The molecule has 2 heterocycles. The molecule has 0 aliphatic rings. The zero-order valence-corrected chi connectivity index (χ0v) is 11.1. The van der Waals surface area contributed by atoms with Gasteiger partial charge in [-0.05, 0) is 26.0 Å². The van der Waals surface area contributed by atoms with Crippen LogP contribution in [0.5, 0.6) is 0 Å². The Morgan fingerprint density at radius 2 is 2.29 bits per heavy atom. The molecule has 6 heteroatoms. The number of hydrogen-bond acceptors (Lipinski definition) is 3. The predicted octanol–water partition coefficient (Wildman–Crippen LogP) is 2.15. The van der Waals surface area contributed by atoms with Gasteiger partial charge in [-0.25, -0.2) is 9.50 Å². The van der Waals surface area contributed by atoms with Crippen molar-refractivity contribution in [3.8, 4) is 0 Å². The average Bonchev–Trinajstić information content (AvgIpc) is 2.57.